The first kappa shape index (κ1) is 25.4. The molecule has 0 amide bonds. The summed E-state index contributed by atoms with van der Waals surface area (Å²) in [5, 5.41) is 0.0110. The van der Waals surface area contributed by atoms with Crippen LogP contribution in [0.5, 0.6) is 5.75 Å². The molecule has 32 heavy (non-hydrogen) atoms. The van der Waals surface area contributed by atoms with Crippen molar-refractivity contribution in [3.05, 3.63) is 65.7 Å². The summed E-state index contributed by atoms with van der Waals surface area (Å²) in [7, 11) is -2.56. The summed E-state index contributed by atoms with van der Waals surface area (Å²) >= 11 is 6.11. The lowest BCUT2D eigenvalue weighted by atomic mass is 9.91. The van der Waals surface area contributed by atoms with Crippen LogP contribution in [-0.4, -0.2) is 40.4 Å². The number of halogens is 1. The van der Waals surface area contributed by atoms with E-state index in [-0.39, 0.29) is 27.8 Å². The van der Waals surface area contributed by atoms with Crippen LogP contribution in [0.3, 0.4) is 0 Å². The molecule has 0 N–H and O–H groups in total. The van der Waals surface area contributed by atoms with E-state index < -0.39 is 28.0 Å². The standard InChI is InChI=1S/C23H26ClNO6S/c1-6-13-25(16-7-9-17(30-5)10-8-16)32(28,29)18-11-12-20(24)19(14-18)22(27)31-15-21(26)23(2,3)4/h6-12,14H,1,13,15H2,2-5H3. The second-order valence-electron chi connectivity index (χ2n) is 7.91. The summed E-state index contributed by atoms with van der Waals surface area (Å²) in [6.45, 7) is 8.30. The van der Waals surface area contributed by atoms with Crippen LogP contribution < -0.4 is 9.04 Å². The lowest BCUT2D eigenvalue weighted by Gasteiger charge is -2.23. The number of hydrogen-bond acceptors (Lipinski definition) is 6. The predicted molar refractivity (Wildman–Crippen MR) is 124 cm³/mol. The Kier molecular flexibility index (Phi) is 8.09. The van der Waals surface area contributed by atoms with Gasteiger partial charge in [-0.1, -0.05) is 38.4 Å². The van der Waals surface area contributed by atoms with Gasteiger partial charge in [-0.05, 0) is 42.5 Å². The quantitative estimate of drug-likeness (QED) is 0.388. The van der Waals surface area contributed by atoms with Gasteiger partial charge in [-0.15, -0.1) is 6.58 Å². The Bertz CT molecular complexity index is 1100. The number of ether oxygens (including phenoxy) is 2. The van der Waals surface area contributed by atoms with Gasteiger partial charge in [-0.25, -0.2) is 13.2 Å². The molecule has 0 radical (unpaired) electrons. The Morgan fingerprint density at radius 2 is 1.75 bits per heavy atom. The molecule has 0 aliphatic carbocycles. The Hall–Kier alpha value is -2.84. The minimum absolute atomic E-state index is 0.00282. The smallest absolute Gasteiger partial charge is 0.340 e. The van der Waals surface area contributed by atoms with Crippen LogP contribution in [0.2, 0.25) is 5.02 Å². The van der Waals surface area contributed by atoms with E-state index in [0.717, 1.165) is 10.4 Å². The summed E-state index contributed by atoms with van der Waals surface area (Å²) in [6, 6.07) is 10.2. The van der Waals surface area contributed by atoms with Crippen molar-refractivity contribution in [2.45, 2.75) is 25.7 Å². The van der Waals surface area contributed by atoms with Crippen molar-refractivity contribution in [1.82, 2.24) is 0 Å². The first-order valence-corrected chi connectivity index (χ1v) is 11.5. The second-order valence-corrected chi connectivity index (χ2v) is 10.2. The molecule has 2 aromatic carbocycles. The number of ketones is 1. The molecule has 0 aliphatic rings. The van der Waals surface area contributed by atoms with E-state index in [2.05, 4.69) is 6.58 Å². The summed E-state index contributed by atoms with van der Waals surface area (Å²) in [5.74, 6) is -0.585. The number of esters is 1. The fraction of sp³-hybridized carbons (Fsp3) is 0.304. The fourth-order valence-corrected chi connectivity index (χ4v) is 4.24. The third-order valence-electron chi connectivity index (χ3n) is 4.57. The molecule has 0 fully saturated rings. The second kappa shape index (κ2) is 10.2. The monoisotopic (exact) mass is 479 g/mol. The van der Waals surface area contributed by atoms with Gasteiger partial charge in [0.15, 0.2) is 12.4 Å². The minimum atomic E-state index is -4.08. The SMILES string of the molecule is C=CCN(c1ccc(OC)cc1)S(=O)(=O)c1ccc(Cl)c(C(=O)OCC(=O)C(C)(C)C)c1. The first-order chi connectivity index (χ1) is 14.9. The van der Waals surface area contributed by atoms with Gasteiger partial charge < -0.3 is 9.47 Å². The molecule has 7 nitrogen and oxygen atoms in total. The fourth-order valence-electron chi connectivity index (χ4n) is 2.58. The maximum atomic E-state index is 13.4. The molecule has 0 spiro atoms. The molecule has 0 unspecified atom stereocenters. The van der Waals surface area contributed by atoms with Gasteiger partial charge in [0, 0.05) is 5.41 Å². The van der Waals surface area contributed by atoms with Crippen LogP contribution in [0.15, 0.2) is 60.0 Å². The van der Waals surface area contributed by atoms with Gasteiger partial charge in [0.25, 0.3) is 10.0 Å². The van der Waals surface area contributed by atoms with Crippen LogP contribution in [0.4, 0.5) is 5.69 Å². The normalized spacial score (nSPS) is 11.5. The third-order valence-corrected chi connectivity index (χ3v) is 6.69. The number of hydrogen-bond donors (Lipinski definition) is 0. The summed E-state index contributed by atoms with van der Waals surface area (Å²) in [6.07, 6.45) is 1.45. The molecule has 2 aromatic rings. The molecule has 0 saturated carbocycles. The van der Waals surface area contributed by atoms with E-state index in [1.165, 1.54) is 25.3 Å². The van der Waals surface area contributed by atoms with E-state index in [1.807, 2.05) is 0 Å². The number of benzene rings is 2. The van der Waals surface area contributed by atoms with Gasteiger partial charge in [0.05, 0.1) is 34.8 Å². The topological polar surface area (TPSA) is 90.0 Å². The molecule has 0 atom stereocenters. The van der Waals surface area contributed by atoms with Crippen LogP contribution in [0.1, 0.15) is 31.1 Å². The van der Waals surface area contributed by atoms with Crippen molar-refractivity contribution in [1.29, 1.82) is 0 Å². The van der Waals surface area contributed by atoms with Crippen LogP contribution in [0, 0.1) is 5.41 Å². The van der Waals surface area contributed by atoms with Crippen LogP contribution in [-0.2, 0) is 19.6 Å². The molecular weight excluding hydrogens is 454 g/mol. The molecule has 0 aromatic heterocycles. The summed E-state index contributed by atoms with van der Waals surface area (Å²) < 4.78 is 38.0. The number of carbonyl (C=O) groups excluding carboxylic acids is 2. The zero-order valence-electron chi connectivity index (χ0n) is 18.4. The zero-order valence-corrected chi connectivity index (χ0v) is 20.0. The van der Waals surface area contributed by atoms with E-state index in [1.54, 1.807) is 45.0 Å². The van der Waals surface area contributed by atoms with E-state index in [0.29, 0.717) is 11.4 Å². The van der Waals surface area contributed by atoms with Crippen molar-refractivity contribution < 1.29 is 27.5 Å². The maximum Gasteiger partial charge on any atom is 0.340 e. The highest BCUT2D eigenvalue weighted by Crippen LogP contribution is 2.28. The Morgan fingerprint density at radius 3 is 2.28 bits per heavy atom. The van der Waals surface area contributed by atoms with E-state index in [4.69, 9.17) is 21.1 Å². The largest absolute Gasteiger partial charge is 0.497 e. The highest BCUT2D eigenvalue weighted by Gasteiger charge is 2.27. The van der Waals surface area contributed by atoms with Crippen LogP contribution >= 0.6 is 11.6 Å². The average molecular weight is 480 g/mol. The molecule has 0 bridgehead atoms. The van der Waals surface area contributed by atoms with Crippen molar-refractivity contribution in [2.75, 3.05) is 24.6 Å². The lowest BCUT2D eigenvalue weighted by molar-refractivity contribution is -0.129. The minimum Gasteiger partial charge on any atom is -0.497 e. The highest BCUT2D eigenvalue weighted by molar-refractivity contribution is 7.92. The summed E-state index contributed by atoms with van der Waals surface area (Å²) in [5.41, 5.74) is -0.443. The van der Waals surface area contributed by atoms with Crippen molar-refractivity contribution in [3.63, 3.8) is 0 Å². The number of anilines is 1. The number of methoxy groups -OCH3 is 1. The lowest BCUT2D eigenvalue weighted by Crippen LogP contribution is -2.31. The first-order valence-electron chi connectivity index (χ1n) is 9.69. The van der Waals surface area contributed by atoms with Gasteiger partial charge in [0.2, 0.25) is 0 Å². The Balaban J connectivity index is 2.39. The number of nitrogens with zero attached hydrogens (tertiary/aromatic N) is 1. The molecule has 2 rings (SSSR count). The van der Waals surface area contributed by atoms with E-state index >= 15 is 0 Å². The third kappa shape index (κ3) is 5.89. The average Bonchev–Trinajstić information content (AvgIpc) is 2.75. The van der Waals surface area contributed by atoms with Gasteiger partial charge in [-0.3, -0.25) is 9.10 Å². The van der Waals surface area contributed by atoms with Gasteiger partial charge in [0.1, 0.15) is 5.75 Å². The predicted octanol–water partition coefficient (Wildman–Crippen LogP) is 4.50. The van der Waals surface area contributed by atoms with Gasteiger partial charge >= 0.3 is 5.97 Å². The number of carbonyl (C=O) groups is 2. The van der Waals surface area contributed by atoms with E-state index in [9.17, 15) is 18.0 Å². The molecule has 0 saturated heterocycles. The van der Waals surface area contributed by atoms with Crippen LogP contribution in [0.25, 0.3) is 0 Å². The maximum absolute atomic E-state index is 13.4. The molecule has 0 heterocycles. The zero-order chi connectivity index (χ0) is 24.1. The van der Waals surface area contributed by atoms with Crippen molar-refractivity contribution in [3.8, 4) is 5.75 Å². The van der Waals surface area contributed by atoms with Gasteiger partial charge in [-0.2, -0.15) is 0 Å². The summed E-state index contributed by atoms with van der Waals surface area (Å²) in [4.78, 5) is 24.4. The Morgan fingerprint density at radius 1 is 1.12 bits per heavy atom. The number of Topliss-reactive ketones (excluding diaryl/α,β-unsaturated/α-hetero) is 1. The number of rotatable bonds is 9. The molecule has 9 heteroatoms. The molecule has 172 valence electrons. The molecule has 0 aliphatic heterocycles. The highest BCUT2D eigenvalue weighted by atomic mass is 35.5. The van der Waals surface area contributed by atoms with Crippen molar-refractivity contribution in [2.24, 2.45) is 5.41 Å². The Labute approximate surface area is 193 Å². The number of sulfonamides is 1. The molecular formula is C23H26ClNO6S. The van der Waals surface area contributed by atoms with Crippen molar-refractivity contribution >= 4 is 39.1 Å².